The summed E-state index contributed by atoms with van der Waals surface area (Å²) < 4.78 is 0. The zero-order valence-corrected chi connectivity index (χ0v) is 13.8. The minimum absolute atomic E-state index is 0.178. The average molecular weight is 323 g/mol. The van der Waals surface area contributed by atoms with Gasteiger partial charge in [0.05, 0.1) is 17.3 Å². The molecule has 1 aromatic carbocycles. The number of aromatic nitrogens is 1. The zero-order chi connectivity index (χ0) is 16.9. The normalized spacial score (nSPS) is 20.1. The van der Waals surface area contributed by atoms with Crippen molar-refractivity contribution in [2.45, 2.75) is 38.7 Å². The number of nitrogens with one attached hydrogen (secondary N) is 1. The minimum Gasteiger partial charge on any atom is -0.389 e. The quantitative estimate of drug-likeness (QED) is 0.890. The second kappa shape index (κ2) is 5.35. The fourth-order valence-electron chi connectivity index (χ4n) is 3.87. The van der Waals surface area contributed by atoms with E-state index in [1.165, 1.54) is 12.8 Å². The Balaban J connectivity index is 1.88. The summed E-state index contributed by atoms with van der Waals surface area (Å²) in [5, 5.41) is 20.3. The number of rotatable bonds is 2. The van der Waals surface area contributed by atoms with Gasteiger partial charge in [-0.2, -0.15) is 5.26 Å². The lowest BCUT2D eigenvalue weighted by molar-refractivity contribution is 0.199. The monoisotopic (exact) mass is 323 g/mol. The number of hydrogen-bond donors (Lipinski definition) is 2. The summed E-state index contributed by atoms with van der Waals surface area (Å²) in [6.45, 7) is 3.48. The van der Waals surface area contributed by atoms with Crippen molar-refractivity contribution in [3.8, 4) is 6.07 Å². The largest absolute Gasteiger partial charge is 0.389 e. The molecule has 1 aromatic heterocycles. The van der Waals surface area contributed by atoms with Gasteiger partial charge in [-0.3, -0.25) is 4.79 Å². The van der Waals surface area contributed by atoms with Gasteiger partial charge in [-0.1, -0.05) is 6.07 Å². The number of H-pyrrole nitrogens is 1. The Bertz CT molecular complexity index is 893. The van der Waals surface area contributed by atoms with E-state index in [9.17, 15) is 15.2 Å². The molecule has 0 unspecified atom stereocenters. The van der Waals surface area contributed by atoms with E-state index >= 15 is 0 Å². The molecule has 1 aliphatic heterocycles. The predicted octanol–water partition coefficient (Wildman–Crippen LogP) is 2.83. The van der Waals surface area contributed by atoms with E-state index in [0.717, 1.165) is 42.6 Å². The number of piperidine rings is 1. The molecule has 0 amide bonds. The van der Waals surface area contributed by atoms with E-state index in [1.807, 2.05) is 18.2 Å². The van der Waals surface area contributed by atoms with Crippen LogP contribution in [0.25, 0.3) is 10.9 Å². The molecular weight excluding hydrogens is 302 g/mol. The van der Waals surface area contributed by atoms with Crippen molar-refractivity contribution in [1.29, 1.82) is 5.26 Å². The summed E-state index contributed by atoms with van der Waals surface area (Å²) in [7, 11) is 0. The number of benzene rings is 1. The number of hydrogen-bond acceptors (Lipinski definition) is 4. The van der Waals surface area contributed by atoms with Crippen molar-refractivity contribution in [3.63, 3.8) is 0 Å². The van der Waals surface area contributed by atoms with Crippen molar-refractivity contribution in [3.05, 3.63) is 39.7 Å². The van der Waals surface area contributed by atoms with Crippen LogP contribution in [0.15, 0.2) is 23.0 Å². The summed E-state index contributed by atoms with van der Waals surface area (Å²) >= 11 is 0. The Labute approximate surface area is 140 Å². The van der Waals surface area contributed by atoms with Gasteiger partial charge in [0.15, 0.2) is 0 Å². The third-order valence-electron chi connectivity index (χ3n) is 5.70. The summed E-state index contributed by atoms with van der Waals surface area (Å²) in [5.74, 6) is 0. The Morgan fingerprint density at radius 3 is 2.58 bits per heavy atom. The molecule has 2 N–H and O–H groups in total. The van der Waals surface area contributed by atoms with Crippen LogP contribution in [0.1, 0.15) is 49.8 Å². The third-order valence-corrected chi connectivity index (χ3v) is 5.70. The first kappa shape index (κ1) is 15.2. The fraction of sp³-hybridized carbons (Fsp3) is 0.474. The maximum atomic E-state index is 12.3. The highest BCUT2D eigenvalue weighted by Gasteiger charge is 2.44. The molecule has 2 aromatic rings. The number of aromatic amines is 1. The number of fused-ring (bicyclic) bond motifs is 1. The summed E-state index contributed by atoms with van der Waals surface area (Å²) in [5.41, 5.74) is 2.61. The van der Waals surface area contributed by atoms with Gasteiger partial charge >= 0.3 is 0 Å². The summed E-state index contributed by atoms with van der Waals surface area (Å²) in [6.07, 6.45) is 4.29. The standard InChI is InChI=1S/C19H21N3O2/c1-12(23)13-2-3-16-14(10-13)17(15(11-20)18(24)21-16)22-8-6-19(4-5-19)7-9-22/h2-3,10,12,23H,4-9H2,1H3,(H,21,24)/t12-/m1/s1. The van der Waals surface area contributed by atoms with E-state index in [4.69, 9.17) is 0 Å². The molecule has 1 spiro atoms. The third kappa shape index (κ3) is 2.38. The number of pyridine rings is 1. The first-order chi connectivity index (χ1) is 11.5. The number of anilines is 1. The molecule has 0 bridgehead atoms. The fourth-order valence-corrected chi connectivity index (χ4v) is 3.87. The van der Waals surface area contributed by atoms with E-state index in [0.29, 0.717) is 10.9 Å². The van der Waals surface area contributed by atoms with Crippen LogP contribution >= 0.6 is 0 Å². The lowest BCUT2D eigenvalue weighted by atomic mass is 9.92. The van der Waals surface area contributed by atoms with Gasteiger partial charge in [0, 0.05) is 18.5 Å². The van der Waals surface area contributed by atoms with Gasteiger partial charge in [0.1, 0.15) is 11.6 Å². The Morgan fingerprint density at radius 2 is 2.00 bits per heavy atom. The van der Waals surface area contributed by atoms with Crippen molar-refractivity contribution in [2.75, 3.05) is 18.0 Å². The first-order valence-corrected chi connectivity index (χ1v) is 8.56. The highest BCUT2D eigenvalue weighted by Crippen LogP contribution is 2.54. The van der Waals surface area contributed by atoms with Crippen LogP contribution in [-0.2, 0) is 0 Å². The van der Waals surface area contributed by atoms with Crippen molar-refractivity contribution in [2.24, 2.45) is 5.41 Å². The summed E-state index contributed by atoms with van der Waals surface area (Å²) in [4.78, 5) is 17.3. The van der Waals surface area contributed by atoms with Gasteiger partial charge < -0.3 is 15.0 Å². The highest BCUT2D eigenvalue weighted by molar-refractivity contribution is 5.95. The maximum absolute atomic E-state index is 12.3. The van der Waals surface area contributed by atoms with Crippen molar-refractivity contribution < 1.29 is 5.11 Å². The second-order valence-electron chi connectivity index (χ2n) is 7.26. The van der Waals surface area contributed by atoms with Gasteiger partial charge in [-0.15, -0.1) is 0 Å². The van der Waals surface area contributed by atoms with Crippen LogP contribution in [0.3, 0.4) is 0 Å². The Kier molecular flexibility index (Phi) is 3.40. The van der Waals surface area contributed by atoms with Crippen LogP contribution in [0.5, 0.6) is 0 Å². The van der Waals surface area contributed by atoms with Crippen LogP contribution in [0.2, 0.25) is 0 Å². The second-order valence-corrected chi connectivity index (χ2v) is 7.26. The molecule has 2 heterocycles. The average Bonchev–Trinajstić information content (AvgIpc) is 3.33. The topological polar surface area (TPSA) is 80.1 Å². The molecule has 24 heavy (non-hydrogen) atoms. The molecule has 124 valence electrons. The molecule has 5 nitrogen and oxygen atoms in total. The molecule has 1 aliphatic carbocycles. The molecule has 1 saturated carbocycles. The van der Waals surface area contributed by atoms with Crippen LogP contribution in [0, 0.1) is 16.7 Å². The van der Waals surface area contributed by atoms with Gasteiger partial charge in [0.2, 0.25) is 0 Å². The van der Waals surface area contributed by atoms with Crippen molar-refractivity contribution >= 4 is 16.6 Å². The number of aliphatic hydroxyl groups excluding tert-OH is 1. The number of nitrogens with zero attached hydrogens (tertiary/aromatic N) is 2. The number of nitriles is 1. The van der Waals surface area contributed by atoms with E-state index < -0.39 is 6.10 Å². The lowest BCUT2D eigenvalue weighted by Gasteiger charge is -2.34. The van der Waals surface area contributed by atoms with Gasteiger partial charge in [0.25, 0.3) is 5.56 Å². The molecule has 1 atom stereocenters. The Morgan fingerprint density at radius 1 is 1.29 bits per heavy atom. The molecular formula is C19H21N3O2. The Hall–Kier alpha value is -2.32. The van der Waals surface area contributed by atoms with Crippen LogP contribution in [0.4, 0.5) is 5.69 Å². The SMILES string of the molecule is C[C@@H](O)c1ccc2[nH]c(=O)c(C#N)c(N3CCC4(CC3)CC4)c2c1. The molecule has 4 rings (SSSR count). The minimum atomic E-state index is -0.587. The van der Waals surface area contributed by atoms with Crippen LogP contribution in [-0.4, -0.2) is 23.2 Å². The first-order valence-electron chi connectivity index (χ1n) is 8.56. The van der Waals surface area contributed by atoms with Crippen molar-refractivity contribution in [1.82, 2.24) is 4.98 Å². The molecule has 5 heteroatoms. The zero-order valence-electron chi connectivity index (χ0n) is 13.8. The molecule has 0 radical (unpaired) electrons. The molecule has 1 saturated heterocycles. The maximum Gasteiger partial charge on any atom is 0.268 e. The lowest BCUT2D eigenvalue weighted by Crippen LogP contribution is -2.36. The smallest absolute Gasteiger partial charge is 0.268 e. The summed E-state index contributed by atoms with van der Waals surface area (Å²) in [6, 6.07) is 7.62. The number of aliphatic hydroxyl groups is 1. The van der Waals surface area contributed by atoms with E-state index in [2.05, 4.69) is 16.0 Å². The van der Waals surface area contributed by atoms with E-state index in [1.54, 1.807) is 6.92 Å². The van der Waals surface area contributed by atoms with Crippen LogP contribution < -0.4 is 10.5 Å². The molecule has 2 aliphatic rings. The highest BCUT2D eigenvalue weighted by atomic mass is 16.3. The van der Waals surface area contributed by atoms with Gasteiger partial charge in [-0.25, -0.2) is 0 Å². The predicted molar refractivity (Wildman–Crippen MR) is 93.0 cm³/mol. The van der Waals surface area contributed by atoms with E-state index in [-0.39, 0.29) is 11.1 Å². The van der Waals surface area contributed by atoms with Gasteiger partial charge in [-0.05, 0) is 55.7 Å². The molecule has 2 fully saturated rings.